The molecule has 0 aliphatic carbocycles. The van der Waals surface area contributed by atoms with Gasteiger partial charge in [0.25, 0.3) is 0 Å². The van der Waals surface area contributed by atoms with Gasteiger partial charge >= 0.3 is 17.9 Å². The quantitative estimate of drug-likeness (QED) is 0.0471. The van der Waals surface area contributed by atoms with Gasteiger partial charge in [-0.1, -0.05) is 0 Å². The van der Waals surface area contributed by atoms with Crippen LogP contribution in [0.4, 0.5) is 46.3 Å². The van der Waals surface area contributed by atoms with E-state index >= 15 is 0 Å². The minimum Gasteiger partial charge on any atom is -0.493 e. The van der Waals surface area contributed by atoms with Gasteiger partial charge in [0.15, 0.2) is 44.3 Å². The molecule has 1 amide bonds. The minimum atomic E-state index is -0.780. The Morgan fingerprint density at radius 2 is 0.976 bits per heavy atom. The normalized spacial score (nSPS) is 15.0. The third-order valence-corrected chi connectivity index (χ3v) is 14.6. The molecule has 0 bridgehead atoms. The van der Waals surface area contributed by atoms with Crippen LogP contribution in [0.2, 0.25) is 0 Å². The number of ether oxygens (including phenoxy) is 6. The standard InChI is InChI=1S/C30H34N6O5S.C19H21N5O4S.C11H15NO2/c1-30(2,3)41-28(38)18-8-10-20(11-9-18)33-26(37)19-7-6-14-36(16-19)29-34-25(24-27(35-29)42-17-31-24)32-21-12-13-22(39-4)23(15-21)40-5;1-27-13-6-5-12(8-14(13)28-2)21-16-15-17(29-10-20-15)23-19(22-16)24-7-3-4-11(9-24)18(25)26;1-11(2,3)14-10(13)8-4-6-9(12)7-5-8/h8-13,15,17,19H,6-7,14,16H2,1-5H3,(H,33,37)(H,32,34,35);5-6,8,10-11H,3-4,7,9H2,1-2H3,(H,25,26)(H,21,22,23);4-7H,12H2,1-3H3. The number of nitrogens with one attached hydrogen (secondary N) is 3. The number of amides is 1. The number of piperidine rings is 2. The Hall–Kier alpha value is -9.10. The number of carboxylic acids is 1. The summed E-state index contributed by atoms with van der Waals surface area (Å²) < 4.78 is 32.0. The molecule has 8 aromatic rings. The molecule has 0 spiro atoms. The second-order valence-corrected chi connectivity index (χ2v) is 23.4. The fourth-order valence-electron chi connectivity index (χ4n) is 9.02. The molecule has 2 atom stereocenters. The molecule has 0 saturated carbocycles. The maximum absolute atomic E-state index is 13.2. The molecule has 2 unspecified atom stereocenters. The molecule has 0 radical (unpaired) electrons. The smallest absolute Gasteiger partial charge is 0.338 e. The van der Waals surface area contributed by atoms with Crippen LogP contribution in [0.15, 0.2) is 96.0 Å². The fraction of sp³-hybridized carbons (Fsp3) is 0.367. The number of rotatable bonds is 15. The summed E-state index contributed by atoms with van der Waals surface area (Å²) in [6.45, 7) is 13.3. The maximum Gasteiger partial charge on any atom is 0.338 e. The zero-order valence-electron chi connectivity index (χ0n) is 49.1. The number of hydrogen-bond acceptors (Lipinski definition) is 23. The number of hydrogen-bond donors (Lipinski definition) is 5. The molecule has 23 nitrogen and oxygen atoms in total. The lowest BCUT2D eigenvalue weighted by Crippen LogP contribution is -2.41. The highest BCUT2D eigenvalue weighted by Gasteiger charge is 2.30. The number of methoxy groups -OCH3 is 4. The van der Waals surface area contributed by atoms with Crippen molar-refractivity contribution in [2.24, 2.45) is 11.8 Å². The highest BCUT2D eigenvalue weighted by molar-refractivity contribution is 7.16. The summed E-state index contributed by atoms with van der Waals surface area (Å²) in [5, 5.41) is 19.0. The first-order valence-electron chi connectivity index (χ1n) is 27.3. The van der Waals surface area contributed by atoms with Crippen LogP contribution in [-0.2, 0) is 19.1 Å². The van der Waals surface area contributed by atoms with Crippen molar-refractivity contribution in [1.29, 1.82) is 0 Å². The van der Waals surface area contributed by atoms with Crippen LogP contribution < -0.4 is 50.4 Å². The summed E-state index contributed by atoms with van der Waals surface area (Å²) >= 11 is 2.85. The van der Waals surface area contributed by atoms with Crippen molar-refractivity contribution in [2.45, 2.75) is 78.4 Å². The van der Waals surface area contributed by atoms with Crippen LogP contribution in [0.3, 0.4) is 0 Å². The average Bonchev–Trinajstić information content (AvgIpc) is 2.95. The van der Waals surface area contributed by atoms with Crippen LogP contribution in [0, 0.1) is 11.8 Å². The number of thiazole rings is 2. The summed E-state index contributed by atoms with van der Waals surface area (Å²) in [5.74, 6) is 2.37. The molecular formula is C60H70N12O11S2. The van der Waals surface area contributed by atoms with Crippen molar-refractivity contribution in [1.82, 2.24) is 29.9 Å². The molecule has 2 saturated heterocycles. The zero-order valence-corrected chi connectivity index (χ0v) is 50.7. The molecule has 2 aliphatic rings. The first-order chi connectivity index (χ1) is 40.6. The number of benzene rings is 4. The Balaban J connectivity index is 0.000000188. The number of carbonyl (C=O) groups is 4. The van der Waals surface area contributed by atoms with Gasteiger partial charge in [0.2, 0.25) is 17.8 Å². The predicted octanol–water partition coefficient (Wildman–Crippen LogP) is 11.0. The Bertz CT molecular complexity index is 3630. The Kier molecular flexibility index (Phi) is 20.1. The number of esters is 2. The number of carbonyl (C=O) groups excluding carboxylic acids is 3. The van der Waals surface area contributed by atoms with Gasteiger partial charge in [-0.05, 0) is 140 Å². The molecule has 25 heteroatoms. The Labute approximate surface area is 500 Å². The first-order valence-corrected chi connectivity index (χ1v) is 29.0. The third kappa shape index (κ3) is 16.6. The highest BCUT2D eigenvalue weighted by atomic mass is 32.1. The highest BCUT2D eigenvalue weighted by Crippen LogP contribution is 2.36. The molecule has 448 valence electrons. The van der Waals surface area contributed by atoms with E-state index in [1.54, 1.807) is 88.0 Å². The average molecular weight is 1200 g/mol. The monoisotopic (exact) mass is 1200 g/mol. The summed E-state index contributed by atoms with van der Waals surface area (Å²) in [4.78, 5) is 81.6. The van der Waals surface area contributed by atoms with E-state index in [0.29, 0.717) is 99.6 Å². The molecule has 2 aliphatic heterocycles. The van der Waals surface area contributed by atoms with E-state index in [2.05, 4.69) is 35.9 Å². The summed E-state index contributed by atoms with van der Waals surface area (Å²) in [6.07, 6.45) is 3.03. The maximum atomic E-state index is 13.2. The number of fused-ring (bicyclic) bond motifs is 2. The van der Waals surface area contributed by atoms with E-state index in [4.69, 9.17) is 44.1 Å². The van der Waals surface area contributed by atoms with Gasteiger partial charge in [0.1, 0.15) is 22.2 Å². The number of nitrogen functional groups attached to an aromatic ring is 1. The van der Waals surface area contributed by atoms with Gasteiger partial charge in [0.05, 0.1) is 62.4 Å². The van der Waals surface area contributed by atoms with Crippen molar-refractivity contribution in [3.63, 3.8) is 0 Å². The van der Waals surface area contributed by atoms with Crippen molar-refractivity contribution in [2.75, 3.05) is 86.1 Å². The van der Waals surface area contributed by atoms with Crippen LogP contribution >= 0.6 is 22.7 Å². The van der Waals surface area contributed by atoms with Gasteiger partial charge in [-0.25, -0.2) is 19.6 Å². The predicted molar refractivity (Wildman–Crippen MR) is 330 cm³/mol. The fourth-order valence-corrected chi connectivity index (χ4v) is 10.3. The van der Waals surface area contributed by atoms with E-state index in [1.165, 1.54) is 22.7 Å². The molecular weight excluding hydrogens is 1130 g/mol. The minimum absolute atomic E-state index is 0.0905. The van der Waals surface area contributed by atoms with Crippen LogP contribution in [0.25, 0.3) is 20.7 Å². The molecule has 4 aromatic heterocycles. The van der Waals surface area contributed by atoms with Crippen molar-refractivity contribution < 1.29 is 52.7 Å². The number of aromatic nitrogens is 6. The van der Waals surface area contributed by atoms with Crippen LogP contribution in [0.1, 0.15) is 87.9 Å². The zero-order chi connectivity index (χ0) is 61.0. The van der Waals surface area contributed by atoms with E-state index in [-0.39, 0.29) is 17.8 Å². The van der Waals surface area contributed by atoms with Gasteiger partial charge in [-0.2, -0.15) is 19.9 Å². The van der Waals surface area contributed by atoms with Crippen molar-refractivity contribution >= 4 is 113 Å². The number of aliphatic carboxylic acids is 1. The lowest BCUT2D eigenvalue weighted by molar-refractivity contribution is -0.142. The largest absolute Gasteiger partial charge is 0.493 e. The number of nitrogens with zero attached hydrogens (tertiary/aromatic N) is 8. The lowest BCUT2D eigenvalue weighted by atomic mass is 9.97. The Morgan fingerprint density at radius 1 is 0.565 bits per heavy atom. The van der Waals surface area contributed by atoms with Gasteiger partial charge in [-0.15, -0.1) is 22.7 Å². The number of carboxylic acid groups (broad SMARTS) is 1. The summed E-state index contributed by atoms with van der Waals surface area (Å²) in [6, 6.07) is 24.4. The molecule has 6 heterocycles. The van der Waals surface area contributed by atoms with E-state index in [1.807, 2.05) is 87.7 Å². The molecule has 4 aromatic carbocycles. The number of nitrogens with two attached hydrogens (primary N) is 1. The Morgan fingerprint density at radius 3 is 1.40 bits per heavy atom. The van der Waals surface area contributed by atoms with E-state index in [0.717, 1.165) is 53.4 Å². The van der Waals surface area contributed by atoms with Crippen LogP contribution in [-0.4, -0.2) is 125 Å². The van der Waals surface area contributed by atoms with Gasteiger partial charge in [-0.3, -0.25) is 9.59 Å². The van der Waals surface area contributed by atoms with Crippen LogP contribution in [0.5, 0.6) is 23.0 Å². The summed E-state index contributed by atoms with van der Waals surface area (Å²) in [5.41, 5.74) is 13.0. The SMILES string of the molecule is CC(C)(C)OC(=O)c1ccc(N)cc1.COc1ccc(Nc2nc(N3CCCC(C(=O)Nc4ccc(C(=O)OC(C)(C)C)cc4)C3)nc3scnc23)cc1OC.COc1ccc(Nc2nc(N3CCCC(C(=O)O)C3)nc3scnc23)cc1OC. The molecule has 2 fully saturated rings. The van der Waals surface area contributed by atoms with E-state index < -0.39 is 29.1 Å². The number of anilines is 8. The topological polar surface area (TPSA) is 290 Å². The second kappa shape index (κ2) is 27.5. The molecule has 6 N–H and O–H groups in total. The van der Waals surface area contributed by atoms with Gasteiger partial charge < -0.3 is 65.0 Å². The van der Waals surface area contributed by atoms with E-state index in [9.17, 15) is 24.3 Å². The van der Waals surface area contributed by atoms with Gasteiger partial charge in [0, 0.05) is 61.1 Å². The first kappa shape index (κ1) is 62.0. The second-order valence-electron chi connectivity index (χ2n) is 21.7. The molecule has 85 heavy (non-hydrogen) atoms. The van der Waals surface area contributed by atoms with Crippen molar-refractivity contribution in [3.8, 4) is 23.0 Å². The third-order valence-electron chi connectivity index (χ3n) is 13.1. The molecule has 10 rings (SSSR count). The lowest BCUT2D eigenvalue weighted by Gasteiger charge is -2.32. The summed E-state index contributed by atoms with van der Waals surface area (Å²) in [7, 11) is 6.35. The van der Waals surface area contributed by atoms with Crippen molar-refractivity contribution in [3.05, 3.63) is 107 Å².